The predicted octanol–water partition coefficient (Wildman–Crippen LogP) is 3.29. The third-order valence-corrected chi connectivity index (χ3v) is 4.26. The molecule has 1 aromatic heterocycles. The monoisotopic (exact) mass is 353 g/mol. The molecule has 1 amide bonds. The number of likely N-dealkylation sites (N-methyl/N-ethyl adjacent to an activating group) is 1. The van der Waals surface area contributed by atoms with Gasteiger partial charge >= 0.3 is 0 Å². The largest absolute Gasteiger partial charge is 0.503 e. The molecule has 1 unspecified atom stereocenters. The minimum atomic E-state index is -0.670. The van der Waals surface area contributed by atoms with Crippen molar-refractivity contribution < 1.29 is 23.8 Å². The van der Waals surface area contributed by atoms with Crippen LogP contribution in [0, 0.1) is 0 Å². The molecule has 2 heterocycles. The molecule has 1 aliphatic heterocycles. The second kappa shape index (κ2) is 7.31. The first-order valence-electron chi connectivity index (χ1n) is 8.20. The van der Waals surface area contributed by atoms with E-state index in [1.54, 1.807) is 50.4 Å². The number of nitrogens with zero attached hydrogens (tertiary/aromatic N) is 1. The van der Waals surface area contributed by atoms with Crippen LogP contribution in [0.15, 0.2) is 64.5 Å². The molecule has 0 aliphatic carbocycles. The number of aliphatic hydroxyl groups is 1. The van der Waals surface area contributed by atoms with Crippen LogP contribution in [-0.2, 0) is 9.59 Å². The van der Waals surface area contributed by atoms with Crippen LogP contribution in [0.3, 0.4) is 0 Å². The highest BCUT2D eigenvalue weighted by molar-refractivity contribution is 6.14. The molecule has 26 heavy (non-hydrogen) atoms. The van der Waals surface area contributed by atoms with Gasteiger partial charge in [0.2, 0.25) is 0 Å². The predicted molar refractivity (Wildman–Crippen MR) is 95.5 cm³/mol. The molecule has 6 heteroatoms. The maximum Gasteiger partial charge on any atom is 0.290 e. The Kier molecular flexibility index (Phi) is 4.93. The number of amides is 1. The van der Waals surface area contributed by atoms with Crippen LogP contribution in [0.5, 0.6) is 5.75 Å². The van der Waals surface area contributed by atoms with Crippen molar-refractivity contribution in [3.63, 3.8) is 0 Å². The zero-order chi connectivity index (χ0) is 18.7. The topological polar surface area (TPSA) is 80.0 Å². The van der Waals surface area contributed by atoms with E-state index in [9.17, 15) is 14.7 Å². The molecule has 1 aliphatic rings. The van der Waals surface area contributed by atoms with Crippen molar-refractivity contribution in [2.45, 2.75) is 13.0 Å². The van der Waals surface area contributed by atoms with Gasteiger partial charge in [-0.05, 0) is 48.9 Å². The van der Waals surface area contributed by atoms with Crippen LogP contribution in [0.4, 0.5) is 0 Å². The van der Waals surface area contributed by atoms with Crippen molar-refractivity contribution in [3.05, 3.63) is 71.4 Å². The summed E-state index contributed by atoms with van der Waals surface area (Å²) in [7, 11) is 1.54. The van der Waals surface area contributed by atoms with Crippen LogP contribution in [0.2, 0.25) is 0 Å². The fourth-order valence-corrected chi connectivity index (χ4v) is 3.02. The van der Waals surface area contributed by atoms with Gasteiger partial charge in [0.1, 0.15) is 11.5 Å². The number of ether oxygens (including phenoxy) is 1. The van der Waals surface area contributed by atoms with E-state index >= 15 is 0 Å². The van der Waals surface area contributed by atoms with E-state index in [0.29, 0.717) is 23.6 Å². The highest BCUT2D eigenvalue weighted by Gasteiger charge is 2.42. The highest BCUT2D eigenvalue weighted by atomic mass is 16.5. The van der Waals surface area contributed by atoms with Crippen molar-refractivity contribution in [2.75, 3.05) is 13.7 Å². The summed E-state index contributed by atoms with van der Waals surface area (Å²) < 4.78 is 10.4. The van der Waals surface area contributed by atoms with Gasteiger partial charge in [0, 0.05) is 6.54 Å². The molecule has 1 aromatic carbocycles. The molecule has 3 rings (SSSR count). The third kappa shape index (κ3) is 3.13. The van der Waals surface area contributed by atoms with Gasteiger partial charge in [-0.15, -0.1) is 0 Å². The molecule has 0 spiro atoms. The van der Waals surface area contributed by atoms with E-state index in [4.69, 9.17) is 9.15 Å². The van der Waals surface area contributed by atoms with Crippen molar-refractivity contribution >= 4 is 17.8 Å². The Morgan fingerprint density at radius 3 is 2.81 bits per heavy atom. The first-order chi connectivity index (χ1) is 12.6. The SMILES string of the molecule is CCN1C(=O)C(O)=C(C(=O)/C=C/c2ccco2)C1c1cccc(OC)c1. The Bertz CT molecular complexity index is 879. The summed E-state index contributed by atoms with van der Waals surface area (Å²) in [6.45, 7) is 2.15. The molecule has 0 radical (unpaired) electrons. The number of carbonyl (C=O) groups excluding carboxylic acids is 2. The van der Waals surface area contributed by atoms with E-state index in [1.807, 2.05) is 0 Å². The van der Waals surface area contributed by atoms with Crippen LogP contribution >= 0.6 is 0 Å². The number of carbonyl (C=O) groups is 2. The van der Waals surface area contributed by atoms with Crippen LogP contribution < -0.4 is 4.74 Å². The molecular formula is C20H19NO5. The number of rotatable bonds is 6. The highest BCUT2D eigenvalue weighted by Crippen LogP contribution is 2.38. The lowest BCUT2D eigenvalue weighted by Gasteiger charge is -2.25. The summed E-state index contributed by atoms with van der Waals surface area (Å²) in [6, 6.07) is 9.85. The number of aliphatic hydroxyl groups excluding tert-OH is 1. The van der Waals surface area contributed by atoms with Crippen molar-refractivity contribution in [1.82, 2.24) is 4.90 Å². The van der Waals surface area contributed by atoms with E-state index in [1.165, 1.54) is 23.3 Å². The third-order valence-electron chi connectivity index (χ3n) is 4.26. The number of hydrogen-bond acceptors (Lipinski definition) is 5. The summed E-state index contributed by atoms with van der Waals surface area (Å²) in [6.07, 6.45) is 4.30. The summed E-state index contributed by atoms with van der Waals surface area (Å²) in [5.74, 6) is -0.414. The summed E-state index contributed by atoms with van der Waals surface area (Å²) >= 11 is 0. The lowest BCUT2D eigenvalue weighted by molar-refractivity contribution is -0.129. The molecule has 1 atom stereocenters. The molecule has 134 valence electrons. The van der Waals surface area contributed by atoms with Gasteiger partial charge in [0.05, 0.1) is 25.0 Å². The number of allylic oxidation sites excluding steroid dienone is 1. The summed E-state index contributed by atoms with van der Waals surface area (Å²) in [4.78, 5) is 26.6. The van der Waals surface area contributed by atoms with Gasteiger partial charge in [-0.3, -0.25) is 9.59 Å². The quantitative estimate of drug-likeness (QED) is 0.806. The fourth-order valence-electron chi connectivity index (χ4n) is 3.02. The Morgan fingerprint density at radius 2 is 2.15 bits per heavy atom. The molecule has 0 fully saturated rings. The lowest BCUT2D eigenvalue weighted by atomic mass is 9.95. The first-order valence-corrected chi connectivity index (χ1v) is 8.20. The molecule has 0 bridgehead atoms. The Morgan fingerprint density at radius 1 is 1.35 bits per heavy atom. The van der Waals surface area contributed by atoms with Gasteiger partial charge in [-0.25, -0.2) is 0 Å². The van der Waals surface area contributed by atoms with Crippen molar-refractivity contribution in [3.8, 4) is 5.75 Å². The maximum absolute atomic E-state index is 12.7. The second-order valence-corrected chi connectivity index (χ2v) is 5.75. The normalized spacial score (nSPS) is 17.4. The molecule has 6 nitrogen and oxygen atoms in total. The summed E-state index contributed by atoms with van der Waals surface area (Å²) in [5.41, 5.74) is 0.742. The number of hydrogen-bond donors (Lipinski definition) is 1. The number of ketones is 1. The maximum atomic E-state index is 12.7. The fraction of sp³-hybridized carbons (Fsp3) is 0.200. The Labute approximate surface area is 151 Å². The van der Waals surface area contributed by atoms with Crippen molar-refractivity contribution in [1.29, 1.82) is 0 Å². The van der Waals surface area contributed by atoms with E-state index in [0.717, 1.165) is 0 Å². The van der Waals surface area contributed by atoms with E-state index < -0.39 is 23.5 Å². The molecule has 2 aromatic rings. The summed E-state index contributed by atoms with van der Waals surface area (Å²) in [5, 5.41) is 10.3. The lowest BCUT2D eigenvalue weighted by Crippen LogP contribution is -2.30. The van der Waals surface area contributed by atoms with Gasteiger partial charge in [0.25, 0.3) is 5.91 Å². The number of benzene rings is 1. The van der Waals surface area contributed by atoms with Gasteiger partial charge in [-0.1, -0.05) is 12.1 Å². The Hall–Kier alpha value is -3.28. The van der Waals surface area contributed by atoms with Crippen molar-refractivity contribution in [2.24, 2.45) is 0 Å². The van der Waals surface area contributed by atoms with Crippen LogP contribution in [0.1, 0.15) is 24.3 Å². The van der Waals surface area contributed by atoms with Gasteiger partial charge in [0.15, 0.2) is 11.5 Å². The molecule has 0 saturated heterocycles. The van der Waals surface area contributed by atoms with Crippen LogP contribution in [-0.4, -0.2) is 35.4 Å². The second-order valence-electron chi connectivity index (χ2n) is 5.75. The van der Waals surface area contributed by atoms with E-state index in [-0.39, 0.29) is 5.57 Å². The standard InChI is InChI=1S/C20H19NO5/c1-3-21-18(13-6-4-7-15(12-13)25-2)17(19(23)20(21)24)16(22)10-9-14-8-5-11-26-14/h4-12,18,23H,3H2,1-2H3/b10-9+. The average Bonchev–Trinajstić information content (AvgIpc) is 3.27. The first kappa shape index (κ1) is 17.5. The molecule has 0 saturated carbocycles. The van der Waals surface area contributed by atoms with Crippen LogP contribution in [0.25, 0.3) is 6.08 Å². The minimum absolute atomic E-state index is 0.0490. The zero-order valence-electron chi connectivity index (χ0n) is 14.5. The minimum Gasteiger partial charge on any atom is -0.503 e. The smallest absolute Gasteiger partial charge is 0.290 e. The van der Waals surface area contributed by atoms with Gasteiger partial charge in [-0.2, -0.15) is 0 Å². The molecule has 1 N–H and O–H groups in total. The number of methoxy groups -OCH3 is 1. The van der Waals surface area contributed by atoms with E-state index in [2.05, 4.69) is 0 Å². The van der Waals surface area contributed by atoms with Gasteiger partial charge < -0.3 is 19.2 Å². The Balaban J connectivity index is 2.01. The average molecular weight is 353 g/mol. The number of furan rings is 1. The zero-order valence-corrected chi connectivity index (χ0v) is 14.5. The molecular weight excluding hydrogens is 334 g/mol.